The molecule has 134 valence electrons. The van der Waals surface area contributed by atoms with Crippen molar-refractivity contribution in [2.75, 3.05) is 27.2 Å². The molecule has 3 nitrogen and oxygen atoms in total. The molecule has 3 heteroatoms. The topological polar surface area (TPSA) is 26.7 Å². The number of hydrogen-bond acceptors (Lipinski definition) is 3. The van der Waals surface area contributed by atoms with Gasteiger partial charge in [0.05, 0.1) is 0 Å². The molecule has 1 saturated heterocycles. The van der Waals surface area contributed by atoms with Crippen LogP contribution in [0.4, 0.5) is 0 Å². The lowest BCUT2D eigenvalue weighted by atomic mass is 9.73. The third kappa shape index (κ3) is 3.48. The van der Waals surface area contributed by atoms with Crippen molar-refractivity contribution in [1.29, 1.82) is 0 Å². The van der Waals surface area contributed by atoms with E-state index in [0.717, 1.165) is 12.0 Å². The number of hydrogen-bond donors (Lipinski definition) is 1. The number of aromatic hydroxyl groups is 1. The summed E-state index contributed by atoms with van der Waals surface area (Å²) in [4.78, 5) is 5.14. The molecule has 24 heavy (non-hydrogen) atoms. The summed E-state index contributed by atoms with van der Waals surface area (Å²) in [5.74, 6) is 1.32. The maximum Gasteiger partial charge on any atom is 0.115 e. The molecule has 1 saturated carbocycles. The molecule has 0 bridgehead atoms. The summed E-state index contributed by atoms with van der Waals surface area (Å²) in [5.41, 5.74) is 1.36. The van der Waals surface area contributed by atoms with E-state index in [2.05, 4.69) is 36.9 Å². The van der Waals surface area contributed by atoms with E-state index in [1.54, 1.807) is 6.07 Å². The largest absolute Gasteiger partial charge is 0.508 e. The van der Waals surface area contributed by atoms with Gasteiger partial charge in [0.1, 0.15) is 5.75 Å². The zero-order valence-electron chi connectivity index (χ0n) is 15.7. The van der Waals surface area contributed by atoms with Crippen LogP contribution in [0.25, 0.3) is 0 Å². The Morgan fingerprint density at radius 1 is 1.21 bits per heavy atom. The molecule has 1 unspecified atom stereocenters. The van der Waals surface area contributed by atoms with Crippen molar-refractivity contribution in [1.82, 2.24) is 9.80 Å². The van der Waals surface area contributed by atoms with Crippen LogP contribution in [0, 0.1) is 5.92 Å². The number of phenols is 1. The number of nitrogens with zero attached hydrogens (tertiary/aromatic N) is 2. The number of phenolic OH excluding ortho intramolecular Hbond substituents is 1. The van der Waals surface area contributed by atoms with Crippen LogP contribution in [0.3, 0.4) is 0 Å². The summed E-state index contributed by atoms with van der Waals surface area (Å²) in [6.45, 7) is 4.93. The summed E-state index contributed by atoms with van der Waals surface area (Å²) in [6, 6.07) is 8.67. The van der Waals surface area contributed by atoms with Gasteiger partial charge in [-0.25, -0.2) is 0 Å². The summed E-state index contributed by atoms with van der Waals surface area (Å²) in [5, 5.41) is 9.92. The Bertz CT molecular complexity index is 534. The summed E-state index contributed by atoms with van der Waals surface area (Å²) in [6.07, 6.45) is 9.03. The Labute approximate surface area is 147 Å². The average molecular weight is 331 g/mol. The lowest BCUT2D eigenvalue weighted by molar-refractivity contribution is 0.0553. The second-order valence-corrected chi connectivity index (χ2v) is 8.15. The smallest absolute Gasteiger partial charge is 0.115 e. The van der Waals surface area contributed by atoms with Crippen LogP contribution in [-0.2, 0) is 5.54 Å². The van der Waals surface area contributed by atoms with E-state index in [1.165, 1.54) is 63.6 Å². The Morgan fingerprint density at radius 3 is 2.58 bits per heavy atom. The minimum atomic E-state index is 0.0811. The van der Waals surface area contributed by atoms with Crippen molar-refractivity contribution in [3.8, 4) is 5.75 Å². The van der Waals surface area contributed by atoms with Crippen LogP contribution in [-0.4, -0.2) is 48.1 Å². The molecule has 1 N–H and O–H groups in total. The number of benzene rings is 1. The average Bonchev–Trinajstić information content (AvgIpc) is 3.04. The first kappa shape index (κ1) is 17.8. The highest BCUT2D eigenvalue weighted by Gasteiger charge is 2.41. The molecule has 0 aromatic heterocycles. The van der Waals surface area contributed by atoms with Gasteiger partial charge in [0.25, 0.3) is 0 Å². The van der Waals surface area contributed by atoms with Crippen molar-refractivity contribution in [3.05, 3.63) is 29.8 Å². The van der Waals surface area contributed by atoms with Crippen LogP contribution in [0.2, 0.25) is 0 Å². The molecular weight excluding hydrogens is 296 g/mol. The molecule has 0 amide bonds. The van der Waals surface area contributed by atoms with Crippen LogP contribution in [0.1, 0.15) is 57.4 Å². The fourth-order valence-corrected chi connectivity index (χ4v) is 5.07. The Morgan fingerprint density at radius 2 is 1.96 bits per heavy atom. The van der Waals surface area contributed by atoms with Gasteiger partial charge in [0.2, 0.25) is 0 Å². The van der Waals surface area contributed by atoms with Crippen LogP contribution < -0.4 is 0 Å². The molecule has 1 heterocycles. The minimum Gasteiger partial charge on any atom is -0.508 e. The second-order valence-electron chi connectivity index (χ2n) is 8.15. The molecule has 0 spiro atoms. The SMILES string of the molecule is CCCC1CCN(C2CCC(c3cccc(O)c3)(N(C)C)CC2)C1. The van der Waals surface area contributed by atoms with Gasteiger partial charge in [0.15, 0.2) is 0 Å². The van der Waals surface area contributed by atoms with Crippen molar-refractivity contribution in [3.63, 3.8) is 0 Å². The van der Waals surface area contributed by atoms with Crippen molar-refractivity contribution in [2.45, 2.75) is 63.5 Å². The van der Waals surface area contributed by atoms with Gasteiger partial charge in [-0.3, -0.25) is 4.90 Å². The normalized spacial score (nSPS) is 31.7. The van der Waals surface area contributed by atoms with E-state index in [1.807, 2.05) is 12.1 Å². The fourth-order valence-electron chi connectivity index (χ4n) is 5.07. The maximum absolute atomic E-state index is 9.92. The van der Waals surface area contributed by atoms with Gasteiger partial charge < -0.3 is 10.0 Å². The number of likely N-dealkylation sites (tertiary alicyclic amines) is 1. The Kier molecular flexibility index (Phi) is 5.51. The molecule has 1 aromatic rings. The molecule has 1 aromatic carbocycles. The highest BCUT2D eigenvalue weighted by atomic mass is 16.3. The Balaban J connectivity index is 1.67. The first-order valence-electron chi connectivity index (χ1n) is 9.76. The van der Waals surface area contributed by atoms with Gasteiger partial charge in [-0.15, -0.1) is 0 Å². The van der Waals surface area contributed by atoms with Gasteiger partial charge in [-0.1, -0.05) is 25.5 Å². The third-order valence-corrected chi connectivity index (χ3v) is 6.55. The van der Waals surface area contributed by atoms with E-state index in [4.69, 9.17) is 0 Å². The highest BCUT2D eigenvalue weighted by Crippen LogP contribution is 2.43. The zero-order valence-corrected chi connectivity index (χ0v) is 15.7. The van der Waals surface area contributed by atoms with Crippen molar-refractivity contribution in [2.24, 2.45) is 5.92 Å². The molecule has 2 fully saturated rings. The monoisotopic (exact) mass is 330 g/mol. The minimum absolute atomic E-state index is 0.0811. The molecule has 3 rings (SSSR count). The summed E-state index contributed by atoms with van der Waals surface area (Å²) >= 11 is 0. The Hall–Kier alpha value is -1.06. The number of rotatable bonds is 5. The van der Waals surface area contributed by atoms with Crippen molar-refractivity contribution < 1.29 is 5.11 Å². The maximum atomic E-state index is 9.92. The molecule has 1 atom stereocenters. The summed E-state index contributed by atoms with van der Waals surface area (Å²) < 4.78 is 0. The van der Waals surface area contributed by atoms with Gasteiger partial charge in [-0.2, -0.15) is 0 Å². The van der Waals surface area contributed by atoms with Gasteiger partial charge >= 0.3 is 0 Å². The van der Waals surface area contributed by atoms with E-state index < -0.39 is 0 Å². The lowest BCUT2D eigenvalue weighted by Gasteiger charge is -2.47. The highest BCUT2D eigenvalue weighted by molar-refractivity contribution is 5.33. The first-order valence-corrected chi connectivity index (χ1v) is 9.76. The molecule has 1 aliphatic carbocycles. The van der Waals surface area contributed by atoms with E-state index in [0.29, 0.717) is 5.75 Å². The lowest BCUT2D eigenvalue weighted by Crippen LogP contribution is -2.48. The van der Waals surface area contributed by atoms with Crippen molar-refractivity contribution >= 4 is 0 Å². The molecule has 0 radical (unpaired) electrons. The van der Waals surface area contributed by atoms with E-state index in [9.17, 15) is 5.11 Å². The first-order chi connectivity index (χ1) is 11.5. The predicted molar refractivity (Wildman–Crippen MR) is 100 cm³/mol. The van der Waals surface area contributed by atoms with Crippen LogP contribution in [0.5, 0.6) is 5.75 Å². The molecule has 1 aliphatic heterocycles. The van der Waals surface area contributed by atoms with Crippen LogP contribution >= 0.6 is 0 Å². The zero-order chi connectivity index (χ0) is 17.2. The van der Waals surface area contributed by atoms with E-state index in [-0.39, 0.29) is 5.54 Å². The van der Waals surface area contributed by atoms with Crippen LogP contribution in [0.15, 0.2) is 24.3 Å². The second kappa shape index (κ2) is 7.45. The predicted octanol–water partition coefficient (Wildman–Crippen LogP) is 4.21. The third-order valence-electron chi connectivity index (χ3n) is 6.55. The van der Waals surface area contributed by atoms with E-state index >= 15 is 0 Å². The van der Waals surface area contributed by atoms with Gasteiger partial charge in [-0.05, 0) is 82.8 Å². The standard InChI is InChI=1S/C21H34N2O/c1-4-6-17-11-14-23(16-17)19-9-12-21(13-10-19,22(2)3)18-7-5-8-20(24)15-18/h5,7-8,15,17,19,24H,4,6,9-14,16H2,1-3H3. The fraction of sp³-hybridized carbons (Fsp3) is 0.714. The summed E-state index contributed by atoms with van der Waals surface area (Å²) in [7, 11) is 4.38. The molecular formula is C21H34N2O. The quantitative estimate of drug-likeness (QED) is 0.876. The van der Waals surface area contributed by atoms with Gasteiger partial charge in [0, 0.05) is 18.1 Å². The molecule has 2 aliphatic rings.